The number of hydrogen-bond donors (Lipinski definition) is 2. The lowest BCUT2D eigenvalue weighted by Crippen LogP contribution is -2.15. The molecular formula is C10H12N2O2. The molecule has 0 amide bonds. The Kier molecular flexibility index (Phi) is 2.21. The Bertz CT molecular complexity index is 339. The lowest BCUT2D eigenvalue weighted by atomic mass is 10.0. The average Bonchev–Trinajstić information content (AvgIpc) is 2.97. The van der Waals surface area contributed by atoms with Crippen LogP contribution in [-0.4, -0.2) is 16.1 Å². The van der Waals surface area contributed by atoms with Crippen molar-refractivity contribution < 1.29 is 9.90 Å². The molecule has 1 heterocycles. The summed E-state index contributed by atoms with van der Waals surface area (Å²) >= 11 is 0. The van der Waals surface area contributed by atoms with Gasteiger partial charge in [0, 0.05) is 18.4 Å². The fourth-order valence-electron chi connectivity index (χ4n) is 1.72. The summed E-state index contributed by atoms with van der Waals surface area (Å²) in [4.78, 5) is 14.6. The van der Waals surface area contributed by atoms with Gasteiger partial charge in [0.25, 0.3) is 0 Å². The van der Waals surface area contributed by atoms with Crippen molar-refractivity contribution in [2.24, 2.45) is 17.6 Å². The fourth-order valence-corrected chi connectivity index (χ4v) is 1.72. The predicted molar refractivity (Wildman–Crippen MR) is 50.4 cm³/mol. The second-order valence-corrected chi connectivity index (χ2v) is 3.66. The van der Waals surface area contributed by atoms with Gasteiger partial charge in [-0.2, -0.15) is 0 Å². The third kappa shape index (κ3) is 1.61. The lowest BCUT2D eigenvalue weighted by Gasteiger charge is -2.09. The summed E-state index contributed by atoms with van der Waals surface area (Å²) < 4.78 is 0. The highest BCUT2D eigenvalue weighted by molar-refractivity contribution is 5.73. The molecule has 2 rings (SSSR count). The van der Waals surface area contributed by atoms with Crippen LogP contribution in [0.5, 0.6) is 0 Å². The summed E-state index contributed by atoms with van der Waals surface area (Å²) in [6.45, 7) is 0. The average molecular weight is 192 g/mol. The van der Waals surface area contributed by atoms with Crippen molar-refractivity contribution in [1.82, 2.24) is 4.98 Å². The maximum absolute atomic E-state index is 10.6. The van der Waals surface area contributed by atoms with Gasteiger partial charge in [-0.05, 0) is 24.0 Å². The van der Waals surface area contributed by atoms with E-state index < -0.39 is 5.97 Å². The molecule has 4 nitrogen and oxygen atoms in total. The zero-order valence-corrected chi connectivity index (χ0v) is 7.63. The number of carbonyl (C=O) groups is 1. The number of pyridine rings is 1. The van der Waals surface area contributed by atoms with Crippen molar-refractivity contribution in [2.45, 2.75) is 12.5 Å². The highest BCUT2D eigenvalue weighted by Gasteiger charge is 2.47. The van der Waals surface area contributed by atoms with Crippen LogP contribution >= 0.6 is 0 Å². The minimum Gasteiger partial charge on any atom is -0.481 e. The monoisotopic (exact) mass is 192 g/mol. The number of hydrogen-bond acceptors (Lipinski definition) is 3. The number of carboxylic acid groups (broad SMARTS) is 1. The molecule has 1 saturated carbocycles. The number of aliphatic carboxylic acids is 1. The predicted octanol–water partition coefficient (Wildman–Crippen LogP) is 0.802. The van der Waals surface area contributed by atoms with Gasteiger partial charge in [-0.25, -0.2) is 0 Å². The Morgan fingerprint density at radius 1 is 1.71 bits per heavy atom. The molecule has 0 aliphatic heterocycles. The van der Waals surface area contributed by atoms with E-state index in [1.807, 2.05) is 12.1 Å². The summed E-state index contributed by atoms with van der Waals surface area (Å²) in [6, 6.07) is 3.51. The third-order valence-corrected chi connectivity index (χ3v) is 2.69. The fraction of sp³-hybridized carbons (Fsp3) is 0.400. The second-order valence-electron chi connectivity index (χ2n) is 3.66. The van der Waals surface area contributed by atoms with E-state index in [4.69, 9.17) is 10.8 Å². The van der Waals surface area contributed by atoms with Crippen LogP contribution in [0, 0.1) is 11.8 Å². The SMILES string of the molecule is NC(c1cccnc1)C1CC1C(=O)O. The van der Waals surface area contributed by atoms with Crippen LogP contribution in [0.3, 0.4) is 0 Å². The van der Waals surface area contributed by atoms with Gasteiger partial charge in [0.15, 0.2) is 0 Å². The van der Waals surface area contributed by atoms with Crippen LogP contribution in [0.2, 0.25) is 0 Å². The highest BCUT2D eigenvalue weighted by atomic mass is 16.4. The molecule has 1 fully saturated rings. The molecule has 74 valence electrons. The van der Waals surface area contributed by atoms with E-state index in [-0.39, 0.29) is 17.9 Å². The quantitative estimate of drug-likeness (QED) is 0.742. The zero-order valence-electron chi connectivity index (χ0n) is 7.63. The number of aromatic nitrogens is 1. The maximum Gasteiger partial charge on any atom is 0.306 e. The first-order valence-electron chi connectivity index (χ1n) is 4.58. The van der Waals surface area contributed by atoms with Gasteiger partial charge < -0.3 is 10.8 Å². The Balaban J connectivity index is 2.05. The molecule has 14 heavy (non-hydrogen) atoms. The van der Waals surface area contributed by atoms with Crippen LogP contribution < -0.4 is 5.73 Å². The van der Waals surface area contributed by atoms with Gasteiger partial charge in [-0.15, -0.1) is 0 Å². The molecule has 1 aromatic heterocycles. The highest BCUT2D eigenvalue weighted by Crippen LogP contribution is 2.46. The maximum atomic E-state index is 10.6. The Labute approximate surface area is 81.8 Å². The number of nitrogens with zero attached hydrogens (tertiary/aromatic N) is 1. The molecule has 1 aliphatic rings. The van der Waals surface area contributed by atoms with Crippen molar-refractivity contribution in [3.05, 3.63) is 30.1 Å². The van der Waals surface area contributed by atoms with Crippen LogP contribution in [0.25, 0.3) is 0 Å². The second kappa shape index (κ2) is 3.38. The van der Waals surface area contributed by atoms with Gasteiger partial charge in [-0.3, -0.25) is 9.78 Å². The molecule has 0 saturated heterocycles. The van der Waals surface area contributed by atoms with Crippen molar-refractivity contribution in [2.75, 3.05) is 0 Å². The van der Waals surface area contributed by atoms with Crippen molar-refractivity contribution in [1.29, 1.82) is 0 Å². The standard InChI is InChI=1S/C10H12N2O2/c11-9(6-2-1-3-12-5-6)7-4-8(7)10(13)14/h1-3,5,7-9H,4,11H2,(H,13,14). The van der Waals surface area contributed by atoms with Gasteiger partial charge in [0.1, 0.15) is 0 Å². The first-order valence-corrected chi connectivity index (χ1v) is 4.58. The van der Waals surface area contributed by atoms with Crippen LogP contribution in [0.4, 0.5) is 0 Å². The topological polar surface area (TPSA) is 76.2 Å². The smallest absolute Gasteiger partial charge is 0.306 e. The lowest BCUT2D eigenvalue weighted by molar-refractivity contribution is -0.138. The van der Waals surface area contributed by atoms with E-state index in [2.05, 4.69) is 4.98 Å². The van der Waals surface area contributed by atoms with Crippen LogP contribution in [-0.2, 0) is 4.79 Å². The van der Waals surface area contributed by atoms with Crippen LogP contribution in [0.15, 0.2) is 24.5 Å². The van der Waals surface area contributed by atoms with E-state index >= 15 is 0 Å². The summed E-state index contributed by atoms with van der Waals surface area (Å²) in [7, 11) is 0. The molecule has 0 spiro atoms. The Morgan fingerprint density at radius 2 is 2.50 bits per heavy atom. The van der Waals surface area contributed by atoms with Gasteiger partial charge in [0.05, 0.1) is 5.92 Å². The molecule has 4 heteroatoms. The molecule has 1 aromatic rings. The first kappa shape index (κ1) is 9.15. The van der Waals surface area contributed by atoms with Gasteiger partial charge in [-0.1, -0.05) is 6.07 Å². The number of nitrogens with two attached hydrogens (primary N) is 1. The molecule has 0 aromatic carbocycles. The summed E-state index contributed by atoms with van der Waals surface area (Å²) in [6.07, 6.45) is 4.06. The third-order valence-electron chi connectivity index (χ3n) is 2.69. The van der Waals surface area contributed by atoms with E-state index in [0.29, 0.717) is 6.42 Å². The number of carboxylic acids is 1. The molecule has 3 N–H and O–H groups in total. The minimum absolute atomic E-state index is 0.0803. The largest absolute Gasteiger partial charge is 0.481 e. The summed E-state index contributed by atoms with van der Waals surface area (Å²) in [5, 5.41) is 8.75. The molecule has 0 radical (unpaired) electrons. The normalized spacial score (nSPS) is 26.9. The van der Waals surface area contributed by atoms with Crippen molar-refractivity contribution in [3.8, 4) is 0 Å². The minimum atomic E-state index is -0.741. The summed E-state index contributed by atoms with van der Waals surface area (Å²) in [5.41, 5.74) is 6.84. The van der Waals surface area contributed by atoms with Gasteiger partial charge >= 0.3 is 5.97 Å². The zero-order chi connectivity index (χ0) is 10.1. The van der Waals surface area contributed by atoms with Crippen molar-refractivity contribution >= 4 is 5.97 Å². The molecule has 3 atom stereocenters. The summed E-state index contributed by atoms with van der Waals surface area (Å²) in [5.74, 6) is -0.920. The van der Waals surface area contributed by atoms with Crippen molar-refractivity contribution in [3.63, 3.8) is 0 Å². The Hall–Kier alpha value is -1.42. The first-order chi connectivity index (χ1) is 6.70. The van der Waals surface area contributed by atoms with Gasteiger partial charge in [0.2, 0.25) is 0 Å². The number of rotatable bonds is 3. The molecule has 3 unspecified atom stereocenters. The molecule has 1 aliphatic carbocycles. The Morgan fingerprint density at radius 3 is 3.00 bits per heavy atom. The van der Waals surface area contributed by atoms with Crippen LogP contribution in [0.1, 0.15) is 18.0 Å². The van der Waals surface area contributed by atoms with E-state index in [0.717, 1.165) is 5.56 Å². The molecular weight excluding hydrogens is 180 g/mol. The van der Waals surface area contributed by atoms with E-state index in [9.17, 15) is 4.79 Å². The molecule has 0 bridgehead atoms. The van der Waals surface area contributed by atoms with E-state index in [1.165, 1.54) is 0 Å². The van der Waals surface area contributed by atoms with E-state index in [1.54, 1.807) is 12.4 Å².